The van der Waals surface area contributed by atoms with E-state index >= 15 is 0 Å². The molecule has 2 aromatic carbocycles. The number of rotatable bonds is 2. The van der Waals surface area contributed by atoms with Crippen LogP contribution in [0.5, 0.6) is 0 Å². The SMILES string of the molecule is Cc1cc(N)cc(-c2nnnn2-c2cccc(Cl)c2C)c1. The van der Waals surface area contributed by atoms with Crippen LogP contribution in [0.2, 0.25) is 5.02 Å². The van der Waals surface area contributed by atoms with Crippen molar-refractivity contribution in [1.29, 1.82) is 0 Å². The van der Waals surface area contributed by atoms with Gasteiger partial charge in [-0.3, -0.25) is 0 Å². The number of benzene rings is 2. The number of aromatic nitrogens is 4. The van der Waals surface area contributed by atoms with Crippen LogP contribution in [-0.4, -0.2) is 20.2 Å². The first-order chi connectivity index (χ1) is 10.1. The molecular weight excluding hydrogens is 286 g/mol. The van der Waals surface area contributed by atoms with E-state index in [0.29, 0.717) is 16.5 Å². The number of aryl methyl sites for hydroxylation is 1. The van der Waals surface area contributed by atoms with Crippen LogP contribution in [0.25, 0.3) is 17.1 Å². The number of hydrogen-bond acceptors (Lipinski definition) is 4. The van der Waals surface area contributed by atoms with Gasteiger partial charge in [0.05, 0.1) is 5.69 Å². The molecule has 0 aliphatic heterocycles. The topological polar surface area (TPSA) is 69.6 Å². The summed E-state index contributed by atoms with van der Waals surface area (Å²) in [5, 5.41) is 12.7. The smallest absolute Gasteiger partial charge is 0.187 e. The van der Waals surface area contributed by atoms with Crippen LogP contribution in [0.4, 0.5) is 5.69 Å². The van der Waals surface area contributed by atoms with Gasteiger partial charge in [0.25, 0.3) is 0 Å². The Morgan fingerprint density at radius 3 is 2.71 bits per heavy atom. The van der Waals surface area contributed by atoms with Crippen molar-refractivity contribution in [3.8, 4) is 17.1 Å². The second kappa shape index (κ2) is 5.18. The minimum absolute atomic E-state index is 0.635. The van der Waals surface area contributed by atoms with Crippen molar-refractivity contribution in [2.75, 3.05) is 5.73 Å². The summed E-state index contributed by atoms with van der Waals surface area (Å²) in [4.78, 5) is 0. The molecule has 0 unspecified atom stereocenters. The molecule has 0 saturated heterocycles. The largest absolute Gasteiger partial charge is 0.399 e. The van der Waals surface area contributed by atoms with Crippen LogP contribution < -0.4 is 5.73 Å². The number of tetrazole rings is 1. The second-order valence-electron chi connectivity index (χ2n) is 4.93. The maximum atomic E-state index is 6.18. The molecule has 2 N–H and O–H groups in total. The Hall–Kier alpha value is -2.40. The van der Waals surface area contributed by atoms with Gasteiger partial charge >= 0.3 is 0 Å². The average Bonchev–Trinajstić information content (AvgIpc) is 2.90. The van der Waals surface area contributed by atoms with Gasteiger partial charge in [0.1, 0.15) is 0 Å². The minimum Gasteiger partial charge on any atom is -0.399 e. The van der Waals surface area contributed by atoms with Crippen LogP contribution in [0.1, 0.15) is 11.1 Å². The highest BCUT2D eigenvalue weighted by atomic mass is 35.5. The molecule has 0 fully saturated rings. The molecule has 0 atom stereocenters. The van der Waals surface area contributed by atoms with Crippen molar-refractivity contribution < 1.29 is 0 Å². The summed E-state index contributed by atoms with van der Waals surface area (Å²) in [5.74, 6) is 0.635. The van der Waals surface area contributed by atoms with E-state index in [1.54, 1.807) is 4.68 Å². The molecule has 0 bridgehead atoms. The van der Waals surface area contributed by atoms with Gasteiger partial charge in [0.15, 0.2) is 5.82 Å². The lowest BCUT2D eigenvalue weighted by molar-refractivity contribution is 0.787. The Kier molecular flexibility index (Phi) is 3.35. The average molecular weight is 300 g/mol. The second-order valence-corrected chi connectivity index (χ2v) is 5.34. The van der Waals surface area contributed by atoms with Crippen LogP contribution in [-0.2, 0) is 0 Å². The molecule has 106 valence electrons. The summed E-state index contributed by atoms with van der Waals surface area (Å²) in [6.07, 6.45) is 0. The molecule has 1 heterocycles. The number of nitrogens with two attached hydrogens (primary N) is 1. The summed E-state index contributed by atoms with van der Waals surface area (Å²) in [5.41, 5.74) is 10.3. The lowest BCUT2D eigenvalue weighted by Crippen LogP contribution is -2.03. The summed E-state index contributed by atoms with van der Waals surface area (Å²) in [6, 6.07) is 11.4. The molecule has 6 heteroatoms. The van der Waals surface area contributed by atoms with Crippen molar-refractivity contribution in [1.82, 2.24) is 20.2 Å². The monoisotopic (exact) mass is 299 g/mol. The summed E-state index contributed by atoms with van der Waals surface area (Å²) >= 11 is 6.18. The Morgan fingerprint density at radius 2 is 1.95 bits per heavy atom. The third kappa shape index (κ3) is 2.48. The minimum atomic E-state index is 0.635. The van der Waals surface area contributed by atoms with Crippen molar-refractivity contribution in [2.45, 2.75) is 13.8 Å². The molecule has 0 saturated carbocycles. The van der Waals surface area contributed by atoms with E-state index in [0.717, 1.165) is 22.4 Å². The molecule has 1 aromatic heterocycles. The van der Waals surface area contributed by atoms with Gasteiger partial charge in [-0.15, -0.1) is 5.10 Å². The summed E-state index contributed by atoms with van der Waals surface area (Å²) in [7, 11) is 0. The molecule has 0 spiro atoms. The molecule has 5 nitrogen and oxygen atoms in total. The standard InChI is InChI=1S/C15H14ClN5/c1-9-6-11(8-12(17)7-9)15-18-19-20-21(15)14-5-3-4-13(16)10(14)2/h3-8H,17H2,1-2H3. The maximum absolute atomic E-state index is 6.18. The molecule has 0 aliphatic rings. The third-order valence-electron chi connectivity index (χ3n) is 3.29. The predicted octanol–water partition coefficient (Wildman–Crippen LogP) is 3.18. The first-order valence-electron chi connectivity index (χ1n) is 6.47. The Labute approximate surface area is 127 Å². The van der Waals surface area contributed by atoms with Gasteiger partial charge in [-0.25, -0.2) is 0 Å². The zero-order chi connectivity index (χ0) is 15.0. The summed E-state index contributed by atoms with van der Waals surface area (Å²) < 4.78 is 1.68. The molecule has 3 aromatic rings. The Balaban J connectivity index is 2.19. The Morgan fingerprint density at radius 1 is 1.14 bits per heavy atom. The van der Waals surface area contributed by atoms with Crippen molar-refractivity contribution in [3.63, 3.8) is 0 Å². The first-order valence-corrected chi connectivity index (χ1v) is 6.85. The van der Waals surface area contributed by atoms with Gasteiger partial charge < -0.3 is 5.73 Å². The molecule has 0 radical (unpaired) electrons. The number of halogens is 1. The van der Waals surface area contributed by atoms with Crippen LogP contribution >= 0.6 is 11.6 Å². The highest BCUT2D eigenvalue weighted by molar-refractivity contribution is 6.31. The molecule has 0 aliphatic carbocycles. The quantitative estimate of drug-likeness (QED) is 0.738. The van der Waals surface area contributed by atoms with E-state index in [1.807, 2.05) is 50.2 Å². The van der Waals surface area contributed by atoms with Gasteiger partial charge in [0.2, 0.25) is 0 Å². The molecule has 21 heavy (non-hydrogen) atoms. The zero-order valence-corrected chi connectivity index (χ0v) is 12.5. The maximum Gasteiger partial charge on any atom is 0.187 e. The molecular formula is C15H14ClN5. The highest BCUT2D eigenvalue weighted by Gasteiger charge is 2.14. The predicted molar refractivity (Wildman–Crippen MR) is 83.5 cm³/mol. The van der Waals surface area contributed by atoms with Crippen LogP contribution in [0.3, 0.4) is 0 Å². The van der Waals surface area contributed by atoms with E-state index in [9.17, 15) is 0 Å². The van der Waals surface area contributed by atoms with E-state index in [2.05, 4.69) is 15.5 Å². The fraction of sp³-hybridized carbons (Fsp3) is 0.133. The van der Waals surface area contributed by atoms with Gasteiger partial charge in [-0.05, 0) is 65.7 Å². The van der Waals surface area contributed by atoms with E-state index in [1.165, 1.54) is 0 Å². The van der Waals surface area contributed by atoms with Gasteiger partial charge in [-0.1, -0.05) is 17.7 Å². The van der Waals surface area contributed by atoms with E-state index in [4.69, 9.17) is 17.3 Å². The van der Waals surface area contributed by atoms with Gasteiger partial charge in [0, 0.05) is 16.3 Å². The highest BCUT2D eigenvalue weighted by Crippen LogP contribution is 2.27. The number of nitrogen functional groups attached to an aromatic ring is 1. The van der Waals surface area contributed by atoms with Gasteiger partial charge in [-0.2, -0.15) is 4.68 Å². The normalized spacial score (nSPS) is 10.8. The zero-order valence-electron chi connectivity index (χ0n) is 11.7. The summed E-state index contributed by atoms with van der Waals surface area (Å²) in [6.45, 7) is 3.92. The van der Waals surface area contributed by atoms with Crippen molar-refractivity contribution in [3.05, 3.63) is 52.5 Å². The molecule has 0 amide bonds. The lowest BCUT2D eigenvalue weighted by atomic mass is 10.1. The van der Waals surface area contributed by atoms with Crippen LogP contribution in [0.15, 0.2) is 36.4 Å². The number of nitrogens with zero attached hydrogens (tertiary/aromatic N) is 4. The first kappa shape index (κ1) is 13.6. The fourth-order valence-electron chi connectivity index (χ4n) is 2.30. The van der Waals surface area contributed by atoms with Crippen molar-refractivity contribution in [2.24, 2.45) is 0 Å². The fourth-order valence-corrected chi connectivity index (χ4v) is 2.47. The molecule has 3 rings (SSSR count). The Bertz CT molecular complexity index is 789. The van der Waals surface area contributed by atoms with Crippen LogP contribution in [0, 0.1) is 13.8 Å². The number of anilines is 1. The van der Waals surface area contributed by atoms with E-state index in [-0.39, 0.29) is 0 Å². The lowest BCUT2D eigenvalue weighted by Gasteiger charge is -2.09. The third-order valence-corrected chi connectivity index (χ3v) is 3.70. The van der Waals surface area contributed by atoms with E-state index < -0.39 is 0 Å². The van der Waals surface area contributed by atoms with Crippen molar-refractivity contribution >= 4 is 17.3 Å². The number of hydrogen-bond donors (Lipinski definition) is 1.